The van der Waals surface area contributed by atoms with Crippen LogP contribution >= 0.6 is 0 Å². The topological polar surface area (TPSA) is 78.9 Å². The van der Waals surface area contributed by atoms with Gasteiger partial charge in [-0.2, -0.15) is 0 Å². The molecule has 2 atom stereocenters. The quantitative estimate of drug-likeness (QED) is 0.0343. The van der Waals surface area contributed by atoms with E-state index < -0.39 is 6.10 Å². The van der Waals surface area contributed by atoms with Gasteiger partial charge in [-0.15, -0.1) is 0 Å². The number of hydrogen-bond acceptors (Lipinski definition) is 6. The van der Waals surface area contributed by atoms with Crippen LogP contribution in [0.1, 0.15) is 356 Å². The number of rotatable bonds is 57. The van der Waals surface area contributed by atoms with E-state index in [1.807, 2.05) is 0 Å². The minimum Gasteiger partial charge on any atom is -0.462 e. The molecule has 0 aliphatic carbocycles. The van der Waals surface area contributed by atoms with E-state index in [9.17, 15) is 14.4 Å². The summed E-state index contributed by atoms with van der Waals surface area (Å²) in [5, 5.41) is 0. The molecule has 1 unspecified atom stereocenters. The van der Waals surface area contributed by atoms with E-state index in [1.54, 1.807) is 0 Å². The second-order valence-electron chi connectivity index (χ2n) is 22.4. The molecule has 0 aliphatic rings. The molecular weight excluding hydrogens is 853 g/mol. The second kappa shape index (κ2) is 55.7. The van der Waals surface area contributed by atoms with Gasteiger partial charge in [-0.3, -0.25) is 14.4 Å². The highest BCUT2D eigenvalue weighted by Crippen LogP contribution is 2.19. The molecule has 0 aromatic carbocycles. The van der Waals surface area contributed by atoms with E-state index in [0.29, 0.717) is 19.3 Å². The summed E-state index contributed by atoms with van der Waals surface area (Å²) in [5.74, 6) is 0.915. The summed E-state index contributed by atoms with van der Waals surface area (Å²) in [6, 6.07) is 0. The van der Waals surface area contributed by atoms with Crippen molar-refractivity contribution in [3.05, 3.63) is 0 Å². The molecule has 0 radical (unpaired) electrons. The van der Waals surface area contributed by atoms with E-state index in [1.165, 1.54) is 244 Å². The monoisotopic (exact) mass is 975 g/mol. The molecule has 0 aromatic rings. The van der Waals surface area contributed by atoms with Crippen LogP contribution in [-0.2, 0) is 28.6 Å². The summed E-state index contributed by atoms with van der Waals surface area (Å²) < 4.78 is 16.9. The molecule has 0 bridgehead atoms. The third kappa shape index (κ3) is 55.6. The number of esters is 3. The van der Waals surface area contributed by atoms with Gasteiger partial charge in [0.05, 0.1) is 0 Å². The molecule has 0 aliphatic heterocycles. The first-order valence-corrected chi connectivity index (χ1v) is 31.3. The standard InChI is InChI=1S/C63H122O6/c1-6-8-9-10-11-12-13-21-28-33-38-43-48-53-61(64)67-56-60(69-63(66)55-50-45-40-35-30-25-20-22-26-31-36-41-46-51-58(3)4)57-68-62(65)54-49-44-39-34-29-24-19-17-15-14-16-18-23-27-32-37-42-47-52-59(5)7-2/h58-60H,6-57H2,1-5H3/t59?,60-/m1/s1. The summed E-state index contributed by atoms with van der Waals surface area (Å²) in [6.07, 6.45) is 60.9. The van der Waals surface area contributed by atoms with Crippen LogP contribution < -0.4 is 0 Å². The van der Waals surface area contributed by atoms with Crippen LogP contribution in [0.15, 0.2) is 0 Å². The molecule has 0 aromatic heterocycles. The Balaban J connectivity index is 4.24. The predicted octanol–water partition coefficient (Wildman–Crippen LogP) is 20.8. The fourth-order valence-electron chi connectivity index (χ4n) is 9.73. The highest BCUT2D eigenvalue weighted by Gasteiger charge is 2.19. The summed E-state index contributed by atoms with van der Waals surface area (Å²) in [5.41, 5.74) is 0. The molecule has 0 rings (SSSR count). The minimum absolute atomic E-state index is 0.0620. The van der Waals surface area contributed by atoms with Crippen LogP contribution in [0.4, 0.5) is 0 Å². The lowest BCUT2D eigenvalue weighted by atomic mass is 9.99. The second-order valence-corrected chi connectivity index (χ2v) is 22.4. The van der Waals surface area contributed by atoms with Gasteiger partial charge in [0.1, 0.15) is 13.2 Å². The zero-order chi connectivity index (χ0) is 50.4. The molecule has 410 valence electrons. The van der Waals surface area contributed by atoms with Gasteiger partial charge < -0.3 is 14.2 Å². The van der Waals surface area contributed by atoms with Crippen molar-refractivity contribution in [1.29, 1.82) is 0 Å². The Morgan fingerprint density at radius 1 is 0.304 bits per heavy atom. The SMILES string of the molecule is CCCCCCCCCCCCCCCC(=O)OC[C@H](COC(=O)CCCCCCCCCCCCCCCCCCCCC(C)CC)OC(=O)CCCCCCCCCCCCCCCC(C)C. The maximum absolute atomic E-state index is 12.9. The Morgan fingerprint density at radius 2 is 0.551 bits per heavy atom. The summed E-state index contributed by atoms with van der Waals surface area (Å²) in [4.78, 5) is 38.2. The lowest BCUT2D eigenvalue weighted by Crippen LogP contribution is -2.30. The van der Waals surface area contributed by atoms with E-state index in [2.05, 4.69) is 34.6 Å². The van der Waals surface area contributed by atoms with Crippen LogP contribution in [0.2, 0.25) is 0 Å². The number of hydrogen-bond donors (Lipinski definition) is 0. The summed E-state index contributed by atoms with van der Waals surface area (Å²) in [7, 11) is 0. The first-order chi connectivity index (χ1) is 33.8. The summed E-state index contributed by atoms with van der Waals surface area (Å²) in [6.45, 7) is 11.5. The average Bonchev–Trinajstić information content (AvgIpc) is 3.34. The third-order valence-corrected chi connectivity index (χ3v) is 14.8. The van der Waals surface area contributed by atoms with Gasteiger partial charge in [0.15, 0.2) is 6.10 Å². The Labute approximate surface area is 431 Å². The van der Waals surface area contributed by atoms with Crippen molar-refractivity contribution in [2.75, 3.05) is 13.2 Å². The fraction of sp³-hybridized carbons (Fsp3) is 0.952. The Bertz CT molecular complexity index is 1060. The van der Waals surface area contributed by atoms with Gasteiger partial charge in [-0.25, -0.2) is 0 Å². The fourth-order valence-corrected chi connectivity index (χ4v) is 9.73. The van der Waals surface area contributed by atoms with Crippen LogP contribution in [0.5, 0.6) is 0 Å². The van der Waals surface area contributed by atoms with Crippen molar-refractivity contribution in [3.8, 4) is 0 Å². The lowest BCUT2D eigenvalue weighted by molar-refractivity contribution is -0.167. The highest BCUT2D eigenvalue weighted by molar-refractivity contribution is 5.71. The van der Waals surface area contributed by atoms with Gasteiger partial charge in [-0.05, 0) is 31.1 Å². The molecule has 6 nitrogen and oxygen atoms in total. The van der Waals surface area contributed by atoms with Crippen molar-refractivity contribution >= 4 is 17.9 Å². The van der Waals surface area contributed by atoms with E-state index in [0.717, 1.165) is 69.6 Å². The van der Waals surface area contributed by atoms with Gasteiger partial charge in [0.25, 0.3) is 0 Å². The van der Waals surface area contributed by atoms with Crippen LogP contribution in [-0.4, -0.2) is 37.2 Å². The van der Waals surface area contributed by atoms with Crippen LogP contribution in [0.3, 0.4) is 0 Å². The lowest BCUT2D eigenvalue weighted by Gasteiger charge is -2.18. The van der Waals surface area contributed by atoms with E-state index in [4.69, 9.17) is 14.2 Å². The predicted molar refractivity (Wildman–Crippen MR) is 298 cm³/mol. The van der Waals surface area contributed by atoms with Gasteiger partial charge >= 0.3 is 17.9 Å². The van der Waals surface area contributed by atoms with E-state index in [-0.39, 0.29) is 31.1 Å². The molecule has 0 N–H and O–H groups in total. The van der Waals surface area contributed by atoms with Gasteiger partial charge in [-0.1, -0.05) is 317 Å². The smallest absolute Gasteiger partial charge is 0.306 e. The molecule has 69 heavy (non-hydrogen) atoms. The third-order valence-electron chi connectivity index (χ3n) is 14.8. The molecule has 6 heteroatoms. The highest BCUT2D eigenvalue weighted by atomic mass is 16.6. The minimum atomic E-state index is -0.763. The molecule has 0 saturated carbocycles. The number of carbonyl (C=O) groups excluding carboxylic acids is 3. The number of unbranched alkanes of at least 4 members (excludes halogenated alkanes) is 41. The Kier molecular flexibility index (Phi) is 54.4. The normalized spacial score (nSPS) is 12.4. The van der Waals surface area contributed by atoms with Crippen LogP contribution in [0, 0.1) is 11.8 Å². The van der Waals surface area contributed by atoms with Crippen molar-refractivity contribution < 1.29 is 28.6 Å². The Morgan fingerprint density at radius 3 is 0.826 bits per heavy atom. The first-order valence-electron chi connectivity index (χ1n) is 31.3. The number of ether oxygens (including phenoxy) is 3. The Hall–Kier alpha value is -1.59. The van der Waals surface area contributed by atoms with E-state index >= 15 is 0 Å². The maximum atomic E-state index is 12.9. The van der Waals surface area contributed by atoms with Crippen LogP contribution in [0.25, 0.3) is 0 Å². The summed E-state index contributed by atoms with van der Waals surface area (Å²) >= 11 is 0. The van der Waals surface area contributed by atoms with Gasteiger partial charge in [0, 0.05) is 19.3 Å². The molecule has 0 saturated heterocycles. The maximum Gasteiger partial charge on any atom is 0.306 e. The van der Waals surface area contributed by atoms with Crippen molar-refractivity contribution in [2.45, 2.75) is 362 Å². The molecule has 0 fully saturated rings. The van der Waals surface area contributed by atoms with Crippen molar-refractivity contribution in [1.82, 2.24) is 0 Å². The average molecular weight is 976 g/mol. The largest absolute Gasteiger partial charge is 0.462 e. The number of carbonyl (C=O) groups is 3. The zero-order valence-corrected chi connectivity index (χ0v) is 47.5. The zero-order valence-electron chi connectivity index (χ0n) is 47.5. The first kappa shape index (κ1) is 67.4. The van der Waals surface area contributed by atoms with Gasteiger partial charge in [0.2, 0.25) is 0 Å². The molecule has 0 spiro atoms. The molecule has 0 amide bonds. The van der Waals surface area contributed by atoms with Crippen molar-refractivity contribution in [3.63, 3.8) is 0 Å². The van der Waals surface area contributed by atoms with Crippen molar-refractivity contribution in [2.24, 2.45) is 11.8 Å². The molecule has 0 heterocycles. The molecular formula is C63H122O6.